The molecular weight excluding hydrogens is 448 g/mol. The van der Waals surface area contributed by atoms with E-state index in [1.165, 1.54) is 0 Å². The number of nitrogens with one attached hydrogen (secondary N) is 1. The molecule has 1 aromatic heterocycles. The Hall–Kier alpha value is -3.46. The zero-order chi connectivity index (χ0) is 25.5. The second-order valence-electron chi connectivity index (χ2n) is 8.88. The fourth-order valence-corrected chi connectivity index (χ4v) is 4.02. The third-order valence-corrected chi connectivity index (χ3v) is 6.19. The van der Waals surface area contributed by atoms with Crippen LogP contribution in [-0.2, 0) is 9.53 Å². The Labute approximate surface area is 206 Å². The van der Waals surface area contributed by atoms with E-state index < -0.39 is 0 Å². The summed E-state index contributed by atoms with van der Waals surface area (Å²) in [4.78, 5) is 46.2. The van der Waals surface area contributed by atoms with Crippen molar-refractivity contribution < 1.29 is 23.9 Å². The number of benzene rings is 1. The molecule has 0 unspecified atom stereocenters. The maximum Gasteiger partial charge on any atom is 0.272 e. The SMILES string of the molecule is CCC(=O)Nc1ccc2c(c1)C(=O)N(C)C[C@H](OC)[C@H](C)CN(C(=O)c1ccccn1)[C@@H](C)CO2. The molecule has 3 rings (SSSR count). The minimum absolute atomic E-state index is 0.0700. The van der Waals surface area contributed by atoms with Gasteiger partial charge in [0.05, 0.1) is 17.7 Å². The Morgan fingerprint density at radius 3 is 2.63 bits per heavy atom. The van der Waals surface area contributed by atoms with Crippen molar-refractivity contribution in [3.05, 3.63) is 53.9 Å². The molecule has 35 heavy (non-hydrogen) atoms. The first kappa shape index (κ1) is 26.2. The fourth-order valence-electron chi connectivity index (χ4n) is 4.02. The van der Waals surface area contributed by atoms with E-state index in [4.69, 9.17) is 9.47 Å². The number of hydrogen-bond donors (Lipinski definition) is 1. The second-order valence-corrected chi connectivity index (χ2v) is 8.88. The minimum atomic E-state index is -0.304. The zero-order valence-electron chi connectivity index (χ0n) is 21.0. The summed E-state index contributed by atoms with van der Waals surface area (Å²) in [5.74, 6) is -0.264. The van der Waals surface area contributed by atoms with Crippen LogP contribution in [-0.4, -0.2) is 78.5 Å². The molecule has 0 saturated carbocycles. The van der Waals surface area contributed by atoms with Gasteiger partial charge in [0, 0.05) is 51.5 Å². The highest BCUT2D eigenvalue weighted by molar-refractivity contribution is 5.99. The summed E-state index contributed by atoms with van der Waals surface area (Å²) in [7, 11) is 3.31. The van der Waals surface area contributed by atoms with Gasteiger partial charge in [0.25, 0.3) is 11.8 Å². The number of carbonyl (C=O) groups is 3. The van der Waals surface area contributed by atoms with E-state index in [1.807, 2.05) is 13.8 Å². The number of ether oxygens (including phenoxy) is 2. The molecule has 0 saturated heterocycles. The maximum atomic E-state index is 13.4. The number of fused-ring (bicyclic) bond motifs is 1. The van der Waals surface area contributed by atoms with Gasteiger partial charge < -0.3 is 24.6 Å². The van der Waals surface area contributed by atoms with E-state index in [-0.39, 0.29) is 42.4 Å². The smallest absolute Gasteiger partial charge is 0.272 e. The van der Waals surface area contributed by atoms with Crippen molar-refractivity contribution >= 4 is 23.4 Å². The molecule has 0 bridgehead atoms. The number of nitrogens with zero attached hydrogens (tertiary/aromatic N) is 3. The van der Waals surface area contributed by atoms with Crippen LogP contribution in [0, 0.1) is 5.92 Å². The van der Waals surface area contributed by atoms with Gasteiger partial charge in [-0.15, -0.1) is 0 Å². The lowest BCUT2D eigenvalue weighted by molar-refractivity contribution is -0.115. The van der Waals surface area contributed by atoms with Crippen molar-refractivity contribution in [1.29, 1.82) is 0 Å². The first-order chi connectivity index (χ1) is 16.7. The molecule has 188 valence electrons. The van der Waals surface area contributed by atoms with E-state index in [1.54, 1.807) is 73.5 Å². The number of methoxy groups -OCH3 is 1. The topological polar surface area (TPSA) is 101 Å². The lowest BCUT2D eigenvalue weighted by atomic mass is 10.0. The van der Waals surface area contributed by atoms with Crippen LogP contribution in [0.2, 0.25) is 0 Å². The van der Waals surface area contributed by atoms with Crippen LogP contribution in [0.5, 0.6) is 5.75 Å². The summed E-state index contributed by atoms with van der Waals surface area (Å²) < 4.78 is 11.8. The monoisotopic (exact) mass is 482 g/mol. The zero-order valence-corrected chi connectivity index (χ0v) is 21.0. The second kappa shape index (κ2) is 11.8. The Balaban J connectivity index is 1.98. The molecule has 3 atom stereocenters. The molecule has 3 amide bonds. The van der Waals surface area contributed by atoms with E-state index in [0.29, 0.717) is 42.2 Å². The van der Waals surface area contributed by atoms with Crippen molar-refractivity contribution in [2.45, 2.75) is 39.3 Å². The molecule has 2 heterocycles. The number of likely N-dealkylation sites (N-methyl/N-ethyl adjacent to an activating group) is 1. The first-order valence-corrected chi connectivity index (χ1v) is 11.8. The summed E-state index contributed by atoms with van der Waals surface area (Å²) in [6.45, 7) is 6.57. The molecule has 0 spiro atoms. The van der Waals surface area contributed by atoms with Gasteiger partial charge in [0.2, 0.25) is 5.91 Å². The summed E-state index contributed by atoms with van der Waals surface area (Å²) in [5, 5.41) is 2.79. The molecule has 9 heteroatoms. The maximum absolute atomic E-state index is 13.4. The molecule has 0 aliphatic carbocycles. The summed E-state index contributed by atoms with van der Waals surface area (Å²) >= 11 is 0. The third-order valence-electron chi connectivity index (χ3n) is 6.19. The van der Waals surface area contributed by atoms with Crippen LogP contribution in [0.1, 0.15) is 48.0 Å². The van der Waals surface area contributed by atoms with E-state index in [9.17, 15) is 14.4 Å². The average molecular weight is 483 g/mol. The molecule has 2 aromatic rings. The van der Waals surface area contributed by atoms with Crippen LogP contribution in [0.15, 0.2) is 42.6 Å². The number of carbonyl (C=O) groups excluding carboxylic acids is 3. The Morgan fingerprint density at radius 1 is 1.20 bits per heavy atom. The van der Waals surface area contributed by atoms with E-state index in [2.05, 4.69) is 10.3 Å². The van der Waals surface area contributed by atoms with Crippen LogP contribution in [0.3, 0.4) is 0 Å². The lowest BCUT2D eigenvalue weighted by Gasteiger charge is -2.36. The molecule has 0 radical (unpaired) electrons. The molecular formula is C26H34N4O5. The molecule has 9 nitrogen and oxygen atoms in total. The Morgan fingerprint density at radius 2 is 1.97 bits per heavy atom. The number of hydrogen-bond acceptors (Lipinski definition) is 6. The summed E-state index contributed by atoms with van der Waals surface area (Å²) in [5.41, 5.74) is 1.21. The molecule has 1 N–H and O–H groups in total. The summed E-state index contributed by atoms with van der Waals surface area (Å²) in [6.07, 6.45) is 1.62. The number of aromatic nitrogens is 1. The van der Waals surface area contributed by atoms with Gasteiger partial charge in [-0.3, -0.25) is 19.4 Å². The standard InChI is InChI=1S/C26H34N4O5/c1-6-24(31)28-19-10-11-22-20(13-19)25(32)29(4)15-23(34-5)17(2)14-30(18(3)16-35-22)26(33)21-9-7-8-12-27-21/h7-13,17-18,23H,6,14-16H2,1-5H3,(H,28,31)/t17-,18+,23+/m1/s1. The first-order valence-electron chi connectivity index (χ1n) is 11.8. The van der Waals surface area contributed by atoms with Crippen molar-refractivity contribution in [2.24, 2.45) is 5.92 Å². The van der Waals surface area contributed by atoms with Crippen LogP contribution in [0.25, 0.3) is 0 Å². The highest BCUT2D eigenvalue weighted by Gasteiger charge is 2.31. The fraction of sp³-hybridized carbons (Fsp3) is 0.462. The highest BCUT2D eigenvalue weighted by atomic mass is 16.5. The van der Waals surface area contributed by atoms with Gasteiger partial charge in [-0.2, -0.15) is 0 Å². The summed E-state index contributed by atoms with van der Waals surface area (Å²) in [6, 6.07) is 9.94. The largest absolute Gasteiger partial charge is 0.491 e. The van der Waals surface area contributed by atoms with Gasteiger partial charge in [-0.1, -0.05) is 19.9 Å². The van der Waals surface area contributed by atoms with E-state index >= 15 is 0 Å². The lowest BCUT2D eigenvalue weighted by Crippen LogP contribution is -2.48. The quantitative estimate of drug-likeness (QED) is 0.719. The van der Waals surface area contributed by atoms with E-state index in [0.717, 1.165) is 0 Å². The van der Waals surface area contributed by atoms with Crippen molar-refractivity contribution in [3.8, 4) is 5.75 Å². The van der Waals surface area contributed by atoms with Gasteiger partial charge in [0.15, 0.2) is 0 Å². The number of pyridine rings is 1. The molecule has 1 aromatic carbocycles. The Bertz CT molecular complexity index is 1050. The van der Waals surface area contributed by atoms with Crippen LogP contribution < -0.4 is 10.1 Å². The predicted molar refractivity (Wildman–Crippen MR) is 133 cm³/mol. The van der Waals surface area contributed by atoms with Gasteiger partial charge in [-0.05, 0) is 37.3 Å². The van der Waals surface area contributed by atoms with Gasteiger partial charge >= 0.3 is 0 Å². The predicted octanol–water partition coefficient (Wildman–Crippen LogP) is 3.08. The third kappa shape index (κ3) is 6.36. The minimum Gasteiger partial charge on any atom is -0.491 e. The van der Waals surface area contributed by atoms with Crippen LogP contribution >= 0.6 is 0 Å². The van der Waals surface area contributed by atoms with Crippen molar-refractivity contribution in [2.75, 3.05) is 39.2 Å². The van der Waals surface area contributed by atoms with Crippen molar-refractivity contribution in [3.63, 3.8) is 0 Å². The number of anilines is 1. The molecule has 0 fully saturated rings. The highest BCUT2D eigenvalue weighted by Crippen LogP contribution is 2.27. The Kier molecular flexibility index (Phi) is 8.81. The molecule has 1 aliphatic heterocycles. The van der Waals surface area contributed by atoms with Gasteiger partial charge in [-0.25, -0.2) is 0 Å². The molecule has 1 aliphatic rings. The van der Waals surface area contributed by atoms with Crippen LogP contribution in [0.4, 0.5) is 5.69 Å². The van der Waals surface area contributed by atoms with Gasteiger partial charge in [0.1, 0.15) is 18.1 Å². The number of rotatable bonds is 4. The average Bonchev–Trinajstić information content (AvgIpc) is 2.88. The van der Waals surface area contributed by atoms with Crippen molar-refractivity contribution in [1.82, 2.24) is 14.8 Å². The number of amides is 3. The normalized spacial score (nSPS) is 21.3.